The van der Waals surface area contributed by atoms with E-state index < -0.39 is 0 Å². The number of hydrogen-bond acceptors (Lipinski definition) is 3. The molecular weight excluding hydrogens is 188 g/mol. The fourth-order valence-corrected chi connectivity index (χ4v) is 1.34. The van der Waals surface area contributed by atoms with Crippen molar-refractivity contribution < 1.29 is 0 Å². The highest BCUT2D eigenvalue weighted by atomic mass is 15.3. The quantitative estimate of drug-likeness (QED) is 0.804. The number of aryl methyl sites for hydroxylation is 1. The first-order valence-corrected chi connectivity index (χ1v) is 4.90. The van der Waals surface area contributed by atoms with Crippen molar-refractivity contribution in [1.29, 1.82) is 0 Å². The fourth-order valence-electron chi connectivity index (χ4n) is 1.34. The maximum absolute atomic E-state index is 5.74. The molecule has 1 atom stereocenters. The van der Waals surface area contributed by atoms with Crippen LogP contribution in [0.25, 0.3) is 5.82 Å². The number of aromatic nitrogens is 3. The van der Waals surface area contributed by atoms with Crippen LogP contribution in [0.2, 0.25) is 0 Å². The molecule has 0 fully saturated rings. The minimum Gasteiger partial charge on any atom is -0.324 e. The Hall–Kier alpha value is -1.68. The second-order valence-corrected chi connectivity index (χ2v) is 3.70. The Bertz CT molecular complexity index is 442. The molecular formula is C11H14N4. The predicted octanol–water partition coefficient (Wildman–Crippen LogP) is 1.60. The van der Waals surface area contributed by atoms with Crippen molar-refractivity contribution in [2.75, 3.05) is 0 Å². The van der Waals surface area contributed by atoms with Crippen LogP contribution in [-0.4, -0.2) is 14.8 Å². The first kappa shape index (κ1) is 9.86. The average molecular weight is 202 g/mol. The van der Waals surface area contributed by atoms with E-state index in [0.29, 0.717) is 0 Å². The minimum atomic E-state index is 0.0194. The zero-order valence-corrected chi connectivity index (χ0v) is 8.88. The van der Waals surface area contributed by atoms with Crippen LogP contribution in [0.4, 0.5) is 0 Å². The molecule has 78 valence electrons. The number of rotatable bonds is 2. The monoisotopic (exact) mass is 202 g/mol. The summed E-state index contributed by atoms with van der Waals surface area (Å²) >= 11 is 0. The van der Waals surface area contributed by atoms with Gasteiger partial charge >= 0.3 is 0 Å². The summed E-state index contributed by atoms with van der Waals surface area (Å²) < 4.78 is 1.75. The summed E-state index contributed by atoms with van der Waals surface area (Å²) in [5, 5.41) is 4.18. The molecule has 0 unspecified atom stereocenters. The smallest absolute Gasteiger partial charge is 0.153 e. The Labute approximate surface area is 88.8 Å². The summed E-state index contributed by atoms with van der Waals surface area (Å²) in [6.45, 7) is 3.94. The van der Waals surface area contributed by atoms with Gasteiger partial charge in [0.15, 0.2) is 5.82 Å². The molecule has 2 aromatic heterocycles. The zero-order chi connectivity index (χ0) is 10.8. The highest BCUT2D eigenvalue weighted by Crippen LogP contribution is 2.10. The van der Waals surface area contributed by atoms with E-state index in [0.717, 1.165) is 16.9 Å². The molecule has 4 nitrogen and oxygen atoms in total. The normalized spacial score (nSPS) is 12.7. The molecule has 0 aliphatic rings. The second kappa shape index (κ2) is 3.82. The van der Waals surface area contributed by atoms with Crippen LogP contribution in [0.3, 0.4) is 0 Å². The Morgan fingerprint density at radius 3 is 2.60 bits per heavy atom. The SMILES string of the molecule is Cc1cnn(-c2ccc([C@@H](C)N)cn2)c1. The molecule has 0 saturated carbocycles. The van der Waals surface area contributed by atoms with Crippen LogP contribution < -0.4 is 5.73 Å². The van der Waals surface area contributed by atoms with Crippen LogP contribution in [0, 0.1) is 6.92 Å². The van der Waals surface area contributed by atoms with Crippen molar-refractivity contribution in [3.63, 3.8) is 0 Å². The van der Waals surface area contributed by atoms with Gasteiger partial charge in [0, 0.05) is 18.4 Å². The van der Waals surface area contributed by atoms with Crippen molar-refractivity contribution in [2.24, 2.45) is 5.73 Å². The molecule has 2 aromatic rings. The number of nitrogens with two attached hydrogens (primary N) is 1. The van der Waals surface area contributed by atoms with Gasteiger partial charge in [0.05, 0.1) is 6.20 Å². The summed E-state index contributed by atoms with van der Waals surface area (Å²) in [5.41, 5.74) is 7.89. The van der Waals surface area contributed by atoms with Crippen LogP contribution >= 0.6 is 0 Å². The maximum atomic E-state index is 5.74. The molecule has 0 spiro atoms. The fraction of sp³-hybridized carbons (Fsp3) is 0.273. The first-order chi connectivity index (χ1) is 7.16. The lowest BCUT2D eigenvalue weighted by Gasteiger charge is -2.05. The maximum Gasteiger partial charge on any atom is 0.153 e. The number of hydrogen-bond donors (Lipinski definition) is 1. The Kier molecular flexibility index (Phi) is 2.51. The molecule has 0 radical (unpaired) electrons. The van der Waals surface area contributed by atoms with Crippen LogP contribution in [-0.2, 0) is 0 Å². The summed E-state index contributed by atoms with van der Waals surface area (Å²) in [6, 6.07) is 3.92. The lowest BCUT2D eigenvalue weighted by atomic mass is 10.2. The zero-order valence-electron chi connectivity index (χ0n) is 8.88. The van der Waals surface area contributed by atoms with E-state index in [1.54, 1.807) is 17.1 Å². The van der Waals surface area contributed by atoms with Gasteiger partial charge in [-0.3, -0.25) is 0 Å². The third kappa shape index (κ3) is 2.05. The predicted molar refractivity (Wildman–Crippen MR) is 58.7 cm³/mol. The third-order valence-corrected chi connectivity index (χ3v) is 2.24. The Balaban J connectivity index is 2.31. The van der Waals surface area contributed by atoms with Gasteiger partial charge in [0.2, 0.25) is 0 Å². The number of nitrogens with zero attached hydrogens (tertiary/aromatic N) is 3. The summed E-state index contributed by atoms with van der Waals surface area (Å²) in [5.74, 6) is 0.813. The topological polar surface area (TPSA) is 56.7 Å². The molecule has 0 bridgehead atoms. The minimum absolute atomic E-state index is 0.0194. The van der Waals surface area contributed by atoms with E-state index in [4.69, 9.17) is 5.73 Å². The number of pyridine rings is 1. The van der Waals surface area contributed by atoms with Gasteiger partial charge in [0.25, 0.3) is 0 Å². The van der Waals surface area contributed by atoms with Crippen LogP contribution in [0.1, 0.15) is 24.1 Å². The summed E-state index contributed by atoms with van der Waals surface area (Å²) in [6.07, 6.45) is 5.53. The van der Waals surface area contributed by atoms with Crippen molar-refractivity contribution in [1.82, 2.24) is 14.8 Å². The van der Waals surface area contributed by atoms with Crippen LogP contribution in [0.15, 0.2) is 30.7 Å². The third-order valence-electron chi connectivity index (χ3n) is 2.24. The molecule has 2 heterocycles. The van der Waals surface area contributed by atoms with E-state index in [-0.39, 0.29) is 6.04 Å². The first-order valence-electron chi connectivity index (χ1n) is 4.90. The van der Waals surface area contributed by atoms with Gasteiger partial charge in [0.1, 0.15) is 0 Å². The lowest BCUT2D eigenvalue weighted by molar-refractivity contribution is 0.797. The standard InChI is InChI=1S/C11H14N4/c1-8-5-14-15(7-8)11-4-3-10(6-13-11)9(2)12/h3-7,9H,12H2,1-2H3/t9-/m1/s1. The van der Waals surface area contributed by atoms with Crippen LogP contribution in [0.5, 0.6) is 0 Å². The molecule has 4 heteroatoms. The molecule has 15 heavy (non-hydrogen) atoms. The largest absolute Gasteiger partial charge is 0.324 e. The van der Waals surface area contributed by atoms with Gasteiger partial charge in [-0.2, -0.15) is 5.10 Å². The molecule has 0 aliphatic carbocycles. The molecule has 0 amide bonds. The lowest BCUT2D eigenvalue weighted by Crippen LogP contribution is -2.06. The van der Waals surface area contributed by atoms with E-state index in [9.17, 15) is 0 Å². The van der Waals surface area contributed by atoms with Gasteiger partial charge in [-0.1, -0.05) is 6.07 Å². The van der Waals surface area contributed by atoms with Crippen molar-refractivity contribution in [3.8, 4) is 5.82 Å². The Morgan fingerprint density at radius 1 is 1.33 bits per heavy atom. The second-order valence-electron chi connectivity index (χ2n) is 3.70. The highest BCUT2D eigenvalue weighted by molar-refractivity contribution is 5.26. The van der Waals surface area contributed by atoms with Crippen molar-refractivity contribution in [2.45, 2.75) is 19.9 Å². The van der Waals surface area contributed by atoms with E-state index in [2.05, 4.69) is 10.1 Å². The molecule has 0 saturated heterocycles. The Morgan fingerprint density at radius 2 is 2.13 bits per heavy atom. The summed E-state index contributed by atoms with van der Waals surface area (Å²) in [4.78, 5) is 4.30. The molecule has 0 aliphatic heterocycles. The van der Waals surface area contributed by atoms with E-state index in [1.807, 2.05) is 32.2 Å². The van der Waals surface area contributed by atoms with Crippen molar-refractivity contribution >= 4 is 0 Å². The highest BCUT2D eigenvalue weighted by Gasteiger charge is 2.02. The van der Waals surface area contributed by atoms with Gasteiger partial charge in [-0.15, -0.1) is 0 Å². The van der Waals surface area contributed by atoms with Gasteiger partial charge in [-0.05, 0) is 31.0 Å². The van der Waals surface area contributed by atoms with E-state index >= 15 is 0 Å². The van der Waals surface area contributed by atoms with Gasteiger partial charge in [-0.25, -0.2) is 9.67 Å². The van der Waals surface area contributed by atoms with Crippen molar-refractivity contribution in [3.05, 3.63) is 41.9 Å². The van der Waals surface area contributed by atoms with Gasteiger partial charge < -0.3 is 5.73 Å². The molecule has 0 aromatic carbocycles. The molecule has 2 N–H and O–H groups in total. The summed E-state index contributed by atoms with van der Waals surface area (Å²) in [7, 11) is 0. The van der Waals surface area contributed by atoms with E-state index in [1.165, 1.54) is 0 Å². The molecule has 2 rings (SSSR count). The average Bonchev–Trinajstić information content (AvgIpc) is 2.65.